The van der Waals surface area contributed by atoms with Crippen LogP contribution < -0.4 is 15.8 Å². The van der Waals surface area contributed by atoms with Crippen LogP contribution in [0.15, 0.2) is 18.2 Å². The van der Waals surface area contributed by atoms with Crippen LogP contribution in [0.2, 0.25) is 5.02 Å². The van der Waals surface area contributed by atoms with Crippen molar-refractivity contribution >= 4 is 11.6 Å². The fourth-order valence-electron chi connectivity index (χ4n) is 1.50. The first-order valence-corrected chi connectivity index (χ1v) is 5.89. The van der Waals surface area contributed by atoms with Gasteiger partial charge in [0.15, 0.2) is 0 Å². The molecule has 1 rings (SSSR count). The van der Waals surface area contributed by atoms with E-state index in [0.717, 1.165) is 48.8 Å². The Labute approximate surface area is 102 Å². The number of ether oxygens (including phenoxy) is 1. The van der Waals surface area contributed by atoms with Gasteiger partial charge in [0.25, 0.3) is 0 Å². The molecule has 4 heteroatoms. The van der Waals surface area contributed by atoms with Crippen LogP contribution in [0, 0.1) is 0 Å². The summed E-state index contributed by atoms with van der Waals surface area (Å²) in [5.41, 5.74) is 6.51. The van der Waals surface area contributed by atoms with Crippen LogP contribution in [0.1, 0.15) is 18.4 Å². The Morgan fingerprint density at radius 2 is 2.19 bits per heavy atom. The van der Waals surface area contributed by atoms with Gasteiger partial charge in [0.2, 0.25) is 0 Å². The summed E-state index contributed by atoms with van der Waals surface area (Å²) in [4.78, 5) is 0. The maximum absolute atomic E-state index is 5.94. The van der Waals surface area contributed by atoms with Gasteiger partial charge < -0.3 is 15.8 Å². The molecule has 0 unspecified atom stereocenters. The zero-order valence-electron chi connectivity index (χ0n) is 9.63. The fraction of sp³-hybridized carbons (Fsp3) is 0.500. The lowest BCUT2D eigenvalue weighted by Crippen LogP contribution is -2.16. The van der Waals surface area contributed by atoms with E-state index in [-0.39, 0.29) is 0 Å². The quantitative estimate of drug-likeness (QED) is 0.721. The molecule has 0 bridgehead atoms. The fourth-order valence-corrected chi connectivity index (χ4v) is 1.70. The molecule has 16 heavy (non-hydrogen) atoms. The standard InChI is InChI=1S/C12H19ClN2O/c1-16-12-5-4-11(13)8-10(12)9-15-7-3-2-6-14/h4-5,8,15H,2-3,6-7,9,14H2,1H3. The second-order valence-corrected chi connectivity index (χ2v) is 4.07. The second kappa shape index (κ2) is 7.49. The number of hydrogen-bond acceptors (Lipinski definition) is 3. The summed E-state index contributed by atoms with van der Waals surface area (Å²) in [6, 6.07) is 5.65. The van der Waals surface area contributed by atoms with Gasteiger partial charge in [0, 0.05) is 17.1 Å². The van der Waals surface area contributed by atoms with Crippen molar-refractivity contribution < 1.29 is 4.74 Å². The summed E-state index contributed by atoms with van der Waals surface area (Å²) in [6.45, 7) is 2.49. The Bertz CT molecular complexity index is 318. The van der Waals surface area contributed by atoms with Crippen molar-refractivity contribution in [3.05, 3.63) is 28.8 Å². The maximum Gasteiger partial charge on any atom is 0.123 e. The molecule has 0 aliphatic rings. The molecular formula is C12H19ClN2O. The number of rotatable bonds is 7. The number of nitrogens with two attached hydrogens (primary N) is 1. The van der Waals surface area contributed by atoms with Gasteiger partial charge in [-0.15, -0.1) is 0 Å². The van der Waals surface area contributed by atoms with E-state index in [1.165, 1.54) is 0 Å². The minimum atomic E-state index is 0.736. The molecule has 0 aromatic heterocycles. The van der Waals surface area contributed by atoms with Crippen molar-refractivity contribution in [3.63, 3.8) is 0 Å². The van der Waals surface area contributed by atoms with Crippen molar-refractivity contribution in [2.45, 2.75) is 19.4 Å². The average molecular weight is 243 g/mol. The molecule has 1 aromatic rings. The van der Waals surface area contributed by atoms with Gasteiger partial charge in [-0.05, 0) is 44.1 Å². The summed E-state index contributed by atoms with van der Waals surface area (Å²) < 4.78 is 5.26. The molecule has 0 spiro atoms. The van der Waals surface area contributed by atoms with Gasteiger partial charge >= 0.3 is 0 Å². The Morgan fingerprint density at radius 1 is 1.38 bits per heavy atom. The highest BCUT2D eigenvalue weighted by atomic mass is 35.5. The van der Waals surface area contributed by atoms with E-state index < -0.39 is 0 Å². The zero-order chi connectivity index (χ0) is 11.8. The second-order valence-electron chi connectivity index (χ2n) is 3.63. The van der Waals surface area contributed by atoms with E-state index >= 15 is 0 Å². The first-order chi connectivity index (χ1) is 7.77. The highest BCUT2D eigenvalue weighted by Crippen LogP contribution is 2.22. The highest BCUT2D eigenvalue weighted by molar-refractivity contribution is 6.30. The molecule has 0 atom stereocenters. The molecule has 3 N–H and O–H groups in total. The molecule has 0 amide bonds. The van der Waals surface area contributed by atoms with Crippen molar-refractivity contribution in [2.75, 3.05) is 20.2 Å². The molecule has 0 aliphatic heterocycles. The van der Waals surface area contributed by atoms with Gasteiger partial charge in [0.05, 0.1) is 7.11 Å². The van der Waals surface area contributed by atoms with Crippen LogP contribution in [-0.2, 0) is 6.54 Å². The summed E-state index contributed by atoms with van der Waals surface area (Å²) in [5, 5.41) is 4.08. The molecule has 0 heterocycles. The minimum Gasteiger partial charge on any atom is -0.496 e. The molecule has 3 nitrogen and oxygen atoms in total. The van der Waals surface area contributed by atoms with Gasteiger partial charge in [0.1, 0.15) is 5.75 Å². The zero-order valence-corrected chi connectivity index (χ0v) is 10.4. The van der Waals surface area contributed by atoms with Crippen molar-refractivity contribution in [2.24, 2.45) is 5.73 Å². The smallest absolute Gasteiger partial charge is 0.123 e. The number of benzene rings is 1. The summed E-state index contributed by atoms with van der Waals surface area (Å²) in [6.07, 6.45) is 2.15. The highest BCUT2D eigenvalue weighted by Gasteiger charge is 2.02. The van der Waals surface area contributed by atoms with E-state index in [1.54, 1.807) is 7.11 Å². The maximum atomic E-state index is 5.94. The molecule has 0 radical (unpaired) electrons. The van der Waals surface area contributed by atoms with E-state index in [2.05, 4.69) is 5.32 Å². The van der Waals surface area contributed by atoms with Crippen molar-refractivity contribution in [1.82, 2.24) is 5.32 Å². The molecular weight excluding hydrogens is 224 g/mol. The van der Waals surface area contributed by atoms with Gasteiger partial charge in [-0.2, -0.15) is 0 Å². The Balaban J connectivity index is 2.42. The largest absolute Gasteiger partial charge is 0.496 e. The lowest BCUT2D eigenvalue weighted by atomic mass is 10.2. The lowest BCUT2D eigenvalue weighted by molar-refractivity contribution is 0.407. The number of nitrogens with one attached hydrogen (secondary N) is 1. The number of unbranched alkanes of at least 4 members (excludes halogenated alkanes) is 1. The topological polar surface area (TPSA) is 47.3 Å². The van der Waals surface area contributed by atoms with Gasteiger partial charge in [-0.1, -0.05) is 11.6 Å². The van der Waals surface area contributed by atoms with Crippen LogP contribution in [0.25, 0.3) is 0 Å². The third-order valence-electron chi connectivity index (χ3n) is 2.37. The number of methoxy groups -OCH3 is 1. The van der Waals surface area contributed by atoms with Crippen LogP contribution in [0.3, 0.4) is 0 Å². The summed E-state index contributed by atoms with van der Waals surface area (Å²) in [7, 11) is 1.67. The van der Waals surface area contributed by atoms with Crippen LogP contribution >= 0.6 is 11.6 Å². The summed E-state index contributed by atoms with van der Waals surface area (Å²) in [5.74, 6) is 0.871. The SMILES string of the molecule is COc1ccc(Cl)cc1CNCCCCN. The van der Waals surface area contributed by atoms with Crippen LogP contribution in [-0.4, -0.2) is 20.2 Å². The molecule has 0 fully saturated rings. The van der Waals surface area contributed by atoms with Crippen LogP contribution in [0.4, 0.5) is 0 Å². The van der Waals surface area contributed by atoms with Crippen molar-refractivity contribution in [1.29, 1.82) is 0 Å². The normalized spacial score (nSPS) is 10.4. The van der Waals surface area contributed by atoms with E-state index in [9.17, 15) is 0 Å². The summed E-state index contributed by atoms with van der Waals surface area (Å²) >= 11 is 5.94. The van der Waals surface area contributed by atoms with Gasteiger partial charge in [-0.25, -0.2) is 0 Å². The first-order valence-electron chi connectivity index (χ1n) is 5.51. The third-order valence-corrected chi connectivity index (χ3v) is 2.60. The van der Waals surface area contributed by atoms with Gasteiger partial charge in [-0.3, -0.25) is 0 Å². The Hall–Kier alpha value is -0.770. The number of halogens is 1. The molecule has 0 aliphatic carbocycles. The van der Waals surface area contributed by atoms with E-state index in [0.29, 0.717) is 0 Å². The molecule has 1 aromatic carbocycles. The minimum absolute atomic E-state index is 0.736. The molecule has 0 saturated carbocycles. The van der Waals surface area contributed by atoms with Crippen LogP contribution in [0.5, 0.6) is 5.75 Å². The van der Waals surface area contributed by atoms with Crippen molar-refractivity contribution in [3.8, 4) is 5.75 Å². The molecule has 90 valence electrons. The average Bonchev–Trinajstić information content (AvgIpc) is 2.29. The predicted molar refractivity (Wildman–Crippen MR) is 68.0 cm³/mol. The third kappa shape index (κ3) is 4.39. The lowest BCUT2D eigenvalue weighted by Gasteiger charge is -2.09. The Morgan fingerprint density at radius 3 is 2.88 bits per heavy atom. The predicted octanol–water partition coefficient (Wildman–Crippen LogP) is 2.18. The van der Waals surface area contributed by atoms with E-state index in [1.807, 2.05) is 18.2 Å². The van der Waals surface area contributed by atoms with E-state index in [4.69, 9.17) is 22.1 Å². The molecule has 0 saturated heterocycles. The Kier molecular flexibility index (Phi) is 6.23. The first kappa shape index (κ1) is 13.3. The number of hydrogen-bond donors (Lipinski definition) is 2. The monoisotopic (exact) mass is 242 g/mol.